The molecule has 0 atom stereocenters. The van der Waals surface area contributed by atoms with Crippen molar-refractivity contribution in [2.24, 2.45) is 5.92 Å². The molecule has 4 rings (SSSR count). The van der Waals surface area contributed by atoms with Crippen molar-refractivity contribution in [1.29, 1.82) is 0 Å². The largest absolute Gasteiger partial charge is 0.0795 e. The van der Waals surface area contributed by atoms with Crippen LogP contribution in [0.2, 0.25) is 0 Å². The quantitative estimate of drug-likeness (QED) is 0.591. The highest BCUT2D eigenvalue weighted by molar-refractivity contribution is 5.87. The molecule has 0 aliphatic heterocycles. The van der Waals surface area contributed by atoms with E-state index in [4.69, 9.17) is 0 Å². The Bertz CT molecular complexity index is 904. The van der Waals surface area contributed by atoms with Gasteiger partial charge in [0.05, 0.1) is 0 Å². The summed E-state index contributed by atoms with van der Waals surface area (Å²) in [5.41, 5.74) is 11.3. The Labute approximate surface area is 151 Å². The highest BCUT2D eigenvalue weighted by Crippen LogP contribution is 2.36. The fourth-order valence-electron chi connectivity index (χ4n) is 3.93. The third kappa shape index (κ3) is 3.26. The molecule has 0 saturated heterocycles. The number of aryl methyl sites for hydroxylation is 1. The molecule has 0 radical (unpaired) electrons. The van der Waals surface area contributed by atoms with Crippen molar-refractivity contribution in [3.05, 3.63) is 88.0 Å². The lowest BCUT2D eigenvalue weighted by molar-refractivity contribution is 0.645. The number of allylic oxidation sites excluding steroid dienone is 5. The topological polar surface area (TPSA) is 0 Å². The number of fused-ring (bicyclic) bond motifs is 1. The average molecular weight is 326 g/mol. The zero-order valence-corrected chi connectivity index (χ0v) is 15.5. The van der Waals surface area contributed by atoms with Gasteiger partial charge in [-0.25, -0.2) is 0 Å². The number of benzene rings is 2. The van der Waals surface area contributed by atoms with Crippen molar-refractivity contribution in [1.82, 2.24) is 0 Å². The summed E-state index contributed by atoms with van der Waals surface area (Å²) in [5, 5.41) is 0. The molecule has 2 aliphatic carbocycles. The first-order valence-corrected chi connectivity index (χ1v) is 9.39. The molecule has 2 aromatic carbocycles. The van der Waals surface area contributed by atoms with E-state index in [9.17, 15) is 0 Å². The second kappa shape index (κ2) is 6.52. The molecule has 0 unspecified atom stereocenters. The zero-order valence-electron chi connectivity index (χ0n) is 15.5. The van der Waals surface area contributed by atoms with Crippen LogP contribution in [0.1, 0.15) is 53.6 Å². The average Bonchev–Trinajstić information content (AvgIpc) is 3.24. The van der Waals surface area contributed by atoms with Crippen LogP contribution >= 0.6 is 0 Å². The first-order chi connectivity index (χ1) is 12.1. The van der Waals surface area contributed by atoms with Gasteiger partial charge in [-0.05, 0) is 82.7 Å². The Balaban J connectivity index is 1.52. The summed E-state index contributed by atoms with van der Waals surface area (Å²) in [4.78, 5) is 0. The van der Waals surface area contributed by atoms with Crippen molar-refractivity contribution in [3.8, 4) is 0 Å². The van der Waals surface area contributed by atoms with Crippen molar-refractivity contribution >= 4 is 17.2 Å². The Morgan fingerprint density at radius 3 is 2.36 bits per heavy atom. The van der Waals surface area contributed by atoms with Crippen LogP contribution in [0.5, 0.6) is 0 Å². The molecular weight excluding hydrogens is 300 g/mol. The third-order valence-electron chi connectivity index (χ3n) is 5.36. The molecular formula is C25H26. The Morgan fingerprint density at radius 2 is 1.64 bits per heavy atom. The van der Waals surface area contributed by atoms with Crippen LogP contribution in [-0.4, -0.2) is 0 Å². The van der Waals surface area contributed by atoms with Crippen LogP contribution in [0.15, 0.2) is 54.6 Å². The maximum atomic E-state index is 2.37. The van der Waals surface area contributed by atoms with Gasteiger partial charge in [-0.15, -0.1) is 0 Å². The normalized spacial score (nSPS) is 15.5. The van der Waals surface area contributed by atoms with Crippen LogP contribution in [0.25, 0.3) is 17.2 Å². The first kappa shape index (κ1) is 16.1. The monoisotopic (exact) mass is 326 g/mol. The summed E-state index contributed by atoms with van der Waals surface area (Å²) in [5.74, 6) is 0.706. The second-order valence-corrected chi connectivity index (χ2v) is 7.82. The Kier molecular flexibility index (Phi) is 4.21. The van der Waals surface area contributed by atoms with Gasteiger partial charge in [-0.1, -0.05) is 68.5 Å². The molecule has 0 nitrogen and oxygen atoms in total. The molecule has 0 heteroatoms. The first-order valence-electron chi connectivity index (χ1n) is 9.39. The maximum Gasteiger partial charge on any atom is -0.00139 e. The minimum absolute atomic E-state index is 0.706. The summed E-state index contributed by atoms with van der Waals surface area (Å²) in [6.07, 6.45) is 12.4. The SMILES string of the molecule is Cc1cc(C2=CC=C(c3ccc4c(c3)C=CC4)C2)ccc1CC(C)C. The molecule has 25 heavy (non-hydrogen) atoms. The number of hydrogen-bond acceptors (Lipinski definition) is 0. The van der Waals surface area contributed by atoms with Crippen molar-refractivity contribution < 1.29 is 0 Å². The van der Waals surface area contributed by atoms with E-state index in [1.165, 1.54) is 44.5 Å². The van der Waals surface area contributed by atoms with Gasteiger partial charge in [0.15, 0.2) is 0 Å². The van der Waals surface area contributed by atoms with E-state index in [2.05, 4.69) is 81.5 Å². The zero-order chi connectivity index (χ0) is 17.4. The Morgan fingerprint density at radius 1 is 0.920 bits per heavy atom. The van der Waals surface area contributed by atoms with Gasteiger partial charge in [0.1, 0.15) is 0 Å². The molecule has 0 saturated carbocycles. The highest BCUT2D eigenvalue weighted by Gasteiger charge is 2.15. The summed E-state index contributed by atoms with van der Waals surface area (Å²) in [6, 6.07) is 13.9. The predicted molar refractivity (Wildman–Crippen MR) is 109 cm³/mol. The second-order valence-electron chi connectivity index (χ2n) is 7.82. The van der Waals surface area contributed by atoms with Crippen LogP contribution in [0.3, 0.4) is 0 Å². The van der Waals surface area contributed by atoms with E-state index in [0.29, 0.717) is 5.92 Å². The van der Waals surface area contributed by atoms with Gasteiger partial charge in [0.25, 0.3) is 0 Å². The van der Waals surface area contributed by atoms with E-state index < -0.39 is 0 Å². The highest BCUT2D eigenvalue weighted by atomic mass is 14.2. The van der Waals surface area contributed by atoms with Crippen LogP contribution < -0.4 is 0 Å². The molecule has 0 amide bonds. The number of hydrogen-bond donors (Lipinski definition) is 0. The minimum Gasteiger partial charge on any atom is -0.0795 e. The van der Waals surface area contributed by atoms with Crippen LogP contribution in [-0.2, 0) is 12.8 Å². The molecule has 2 aliphatic rings. The fourth-order valence-corrected chi connectivity index (χ4v) is 3.93. The van der Waals surface area contributed by atoms with Crippen LogP contribution in [0.4, 0.5) is 0 Å². The molecule has 0 heterocycles. The van der Waals surface area contributed by atoms with Crippen molar-refractivity contribution in [2.45, 2.75) is 40.0 Å². The van der Waals surface area contributed by atoms with E-state index >= 15 is 0 Å². The van der Waals surface area contributed by atoms with E-state index in [1.807, 2.05) is 0 Å². The van der Waals surface area contributed by atoms with Crippen molar-refractivity contribution in [2.75, 3.05) is 0 Å². The lowest BCUT2D eigenvalue weighted by atomic mass is 9.93. The molecule has 0 spiro atoms. The minimum atomic E-state index is 0.706. The van der Waals surface area contributed by atoms with Crippen molar-refractivity contribution in [3.63, 3.8) is 0 Å². The van der Waals surface area contributed by atoms with E-state index in [-0.39, 0.29) is 0 Å². The smallest absolute Gasteiger partial charge is 0.00139 e. The standard InChI is InChI=1S/C25H26/c1-17(2)13-20-8-10-22(14-18(20)3)23-11-12-25(16-23)24-9-7-19-5-4-6-21(19)15-24/h4,6-12,14-15,17H,5,13,16H2,1-3H3. The summed E-state index contributed by atoms with van der Waals surface area (Å²) in [7, 11) is 0. The predicted octanol–water partition coefficient (Wildman–Crippen LogP) is 6.63. The van der Waals surface area contributed by atoms with E-state index in [1.54, 1.807) is 0 Å². The lowest BCUT2D eigenvalue weighted by Gasteiger charge is -2.12. The van der Waals surface area contributed by atoms with Gasteiger partial charge in [-0.3, -0.25) is 0 Å². The van der Waals surface area contributed by atoms with Gasteiger partial charge >= 0.3 is 0 Å². The maximum absolute atomic E-state index is 2.37. The summed E-state index contributed by atoms with van der Waals surface area (Å²) < 4.78 is 0. The van der Waals surface area contributed by atoms with Gasteiger partial charge in [-0.2, -0.15) is 0 Å². The third-order valence-corrected chi connectivity index (χ3v) is 5.36. The van der Waals surface area contributed by atoms with Gasteiger partial charge in [0.2, 0.25) is 0 Å². The molecule has 2 aromatic rings. The number of rotatable bonds is 4. The summed E-state index contributed by atoms with van der Waals surface area (Å²) in [6.45, 7) is 6.82. The van der Waals surface area contributed by atoms with Gasteiger partial charge < -0.3 is 0 Å². The summed E-state index contributed by atoms with van der Waals surface area (Å²) >= 11 is 0. The molecule has 0 bridgehead atoms. The van der Waals surface area contributed by atoms with E-state index in [0.717, 1.165) is 19.3 Å². The molecule has 0 aromatic heterocycles. The molecule has 0 N–H and O–H groups in total. The van der Waals surface area contributed by atoms with Crippen LogP contribution in [0, 0.1) is 12.8 Å². The fraction of sp³-hybridized carbons (Fsp3) is 0.280. The molecule has 0 fully saturated rings. The Hall–Kier alpha value is -2.34. The molecule has 126 valence electrons. The van der Waals surface area contributed by atoms with Gasteiger partial charge in [0, 0.05) is 0 Å². The lowest BCUT2D eigenvalue weighted by Crippen LogP contribution is -1.97.